The molecular weight excluding hydrogens is 196 g/mol. The van der Waals surface area contributed by atoms with Crippen molar-refractivity contribution in [2.45, 2.75) is 32.7 Å². The molecule has 0 aromatic carbocycles. The van der Waals surface area contributed by atoms with Crippen molar-refractivity contribution >= 4 is 12.0 Å². The van der Waals surface area contributed by atoms with Crippen molar-refractivity contribution in [1.82, 2.24) is 10.2 Å². The molecule has 1 aliphatic heterocycles. The first kappa shape index (κ1) is 11.8. The van der Waals surface area contributed by atoms with Crippen LogP contribution in [0.15, 0.2) is 0 Å². The van der Waals surface area contributed by atoms with Crippen LogP contribution in [-0.2, 0) is 4.79 Å². The zero-order valence-corrected chi connectivity index (χ0v) is 9.19. The minimum atomic E-state index is -0.808. The van der Waals surface area contributed by atoms with E-state index in [1.807, 2.05) is 13.8 Å². The number of hydrogen-bond acceptors (Lipinski definition) is 2. The highest BCUT2D eigenvalue weighted by Crippen LogP contribution is 2.16. The molecule has 15 heavy (non-hydrogen) atoms. The molecular formula is C10H18N2O3. The van der Waals surface area contributed by atoms with Gasteiger partial charge in [0, 0.05) is 19.1 Å². The summed E-state index contributed by atoms with van der Waals surface area (Å²) in [5, 5.41) is 11.6. The molecule has 2 N–H and O–H groups in total. The molecule has 0 aromatic heterocycles. The number of carboxylic acids is 1. The van der Waals surface area contributed by atoms with Crippen LogP contribution in [0.4, 0.5) is 4.79 Å². The predicted molar refractivity (Wildman–Crippen MR) is 55.6 cm³/mol. The third kappa shape index (κ3) is 3.42. The molecule has 1 atom stereocenters. The quantitative estimate of drug-likeness (QED) is 0.717. The van der Waals surface area contributed by atoms with Crippen LogP contribution >= 0.6 is 0 Å². The van der Waals surface area contributed by atoms with E-state index in [2.05, 4.69) is 5.32 Å². The van der Waals surface area contributed by atoms with Crippen LogP contribution in [0.1, 0.15) is 26.7 Å². The fourth-order valence-corrected chi connectivity index (χ4v) is 1.70. The summed E-state index contributed by atoms with van der Waals surface area (Å²) in [5.41, 5.74) is 0. The maximum atomic E-state index is 11.6. The van der Waals surface area contributed by atoms with Gasteiger partial charge in [0.2, 0.25) is 0 Å². The molecule has 86 valence electrons. The second-order valence-corrected chi connectivity index (χ2v) is 4.23. The summed E-state index contributed by atoms with van der Waals surface area (Å²) in [6, 6.07) is -0.0707. The highest BCUT2D eigenvalue weighted by molar-refractivity contribution is 5.76. The molecule has 1 rings (SSSR count). The van der Waals surface area contributed by atoms with E-state index in [0.717, 1.165) is 6.42 Å². The number of aliphatic carboxylic acids is 1. The number of nitrogens with one attached hydrogen (secondary N) is 1. The van der Waals surface area contributed by atoms with Crippen LogP contribution in [-0.4, -0.2) is 41.1 Å². The lowest BCUT2D eigenvalue weighted by Crippen LogP contribution is -2.48. The van der Waals surface area contributed by atoms with Gasteiger partial charge in [-0.3, -0.25) is 4.79 Å². The molecule has 1 unspecified atom stereocenters. The average molecular weight is 214 g/mol. The molecule has 0 aromatic rings. The molecule has 0 saturated carbocycles. The van der Waals surface area contributed by atoms with Gasteiger partial charge < -0.3 is 15.3 Å². The number of carboxylic acid groups (broad SMARTS) is 1. The Morgan fingerprint density at radius 2 is 2.13 bits per heavy atom. The van der Waals surface area contributed by atoms with Crippen molar-refractivity contribution in [2.75, 3.05) is 13.1 Å². The molecule has 5 nitrogen and oxygen atoms in total. The van der Waals surface area contributed by atoms with Crippen LogP contribution in [0.3, 0.4) is 0 Å². The molecule has 0 spiro atoms. The number of nitrogens with zero attached hydrogens (tertiary/aromatic N) is 1. The predicted octanol–water partition coefficient (Wildman–Crippen LogP) is 0.901. The van der Waals surface area contributed by atoms with E-state index >= 15 is 0 Å². The molecule has 1 saturated heterocycles. The van der Waals surface area contributed by atoms with Gasteiger partial charge in [0.1, 0.15) is 0 Å². The molecule has 2 amide bonds. The first-order valence-electron chi connectivity index (χ1n) is 5.29. The summed E-state index contributed by atoms with van der Waals surface area (Å²) >= 11 is 0. The van der Waals surface area contributed by atoms with Crippen LogP contribution in [0.25, 0.3) is 0 Å². The van der Waals surface area contributed by atoms with Gasteiger partial charge in [0.15, 0.2) is 0 Å². The lowest BCUT2D eigenvalue weighted by Gasteiger charge is -2.31. The van der Waals surface area contributed by atoms with Gasteiger partial charge in [0.05, 0.1) is 5.92 Å². The fourth-order valence-electron chi connectivity index (χ4n) is 1.70. The maximum Gasteiger partial charge on any atom is 0.317 e. The molecule has 5 heteroatoms. The number of rotatable bonds is 2. The number of urea groups is 1. The summed E-state index contributed by atoms with van der Waals surface area (Å²) in [6.45, 7) is 4.75. The van der Waals surface area contributed by atoms with Gasteiger partial charge in [-0.1, -0.05) is 0 Å². The molecule has 1 aliphatic rings. The van der Waals surface area contributed by atoms with Crippen molar-refractivity contribution in [2.24, 2.45) is 5.92 Å². The minimum absolute atomic E-state index is 0.0858. The molecule has 1 fully saturated rings. The smallest absolute Gasteiger partial charge is 0.317 e. The van der Waals surface area contributed by atoms with Gasteiger partial charge in [-0.25, -0.2) is 4.79 Å². The third-order valence-electron chi connectivity index (χ3n) is 2.47. The summed E-state index contributed by atoms with van der Waals surface area (Å²) in [7, 11) is 0. The highest BCUT2D eigenvalue weighted by atomic mass is 16.4. The van der Waals surface area contributed by atoms with Crippen molar-refractivity contribution in [3.8, 4) is 0 Å². The van der Waals surface area contributed by atoms with Crippen LogP contribution in [0.2, 0.25) is 0 Å². The van der Waals surface area contributed by atoms with Crippen LogP contribution in [0, 0.1) is 5.92 Å². The van der Waals surface area contributed by atoms with E-state index in [1.165, 1.54) is 0 Å². The Bertz CT molecular complexity index is 253. The topological polar surface area (TPSA) is 69.6 Å². The number of piperidine rings is 1. The zero-order valence-electron chi connectivity index (χ0n) is 9.19. The van der Waals surface area contributed by atoms with Gasteiger partial charge in [0.25, 0.3) is 0 Å². The summed E-state index contributed by atoms with van der Waals surface area (Å²) in [5.74, 6) is -1.21. The van der Waals surface area contributed by atoms with Gasteiger partial charge >= 0.3 is 12.0 Å². The minimum Gasteiger partial charge on any atom is -0.481 e. The lowest BCUT2D eigenvalue weighted by molar-refractivity contribution is -0.143. The highest BCUT2D eigenvalue weighted by Gasteiger charge is 2.28. The van der Waals surface area contributed by atoms with Crippen molar-refractivity contribution in [3.05, 3.63) is 0 Å². The number of likely N-dealkylation sites (tertiary alicyclic amines) is 1. The number of carbonyl (C=O) groups excluding carboxylic acids is 1. The second kappa shape index (κ2) is 5.00. The standard InChI is InChI=1S/C10H18N2O3/c1-7(2)11-10(15)12-5-3-4-8(6-12)9(13)14/h7-8H,3-6H2,1-2H3,(H,11,15)(H,13,14). The van der Waals surface area contributed by atoms with Crippen molar-refractivity contribution in [3.63, 3.8) is 0 Å². The van der Waals surface area contributed by atoms with E-state index in [4.69, 9.17) is 5.11 Å². The van der Waals surface area contributed by atoms with Gasteiger partial charge in [-0.15, -0.1) is 0 Å². The van der Waals surface area contributed by atoms with E-state index in [0.29, 0.717) is 19.5 Å². The Hall–Kier alpha value is -1.26. The Morgan fingerprint density at radius 3 is 2.67 bits per heavy atom. The van der Waals surface area contributed by atoms with Crippen molar-refractivity contribution < 1.29 is 14.7 Å². The Kier molecular flexibility index (Phi) is 3.94. The summed E-state index contributed by atoms with van der Waals surface area (Å²) < 4.78 is 0. The Balaban J connectivity index is 2.48. The molecule has 0 aliphatic carbocycles. The molecule has 0 bridgehead atoms. The van der Waals surface area contributed by atoms with Crippen LogP contribution in [0.5, 0.6) is 0 Å². The summed E-state index contributed by atoms with van der Waals surface area (Å²) in [4.78, 5) is 24.0. The van der Waals surface area contributed by atoms with Gasteiger partial charge in [-0.2, -0.15) is 0 Å². The van der Waals surface area contributed by atoms with E-state index in [-0.39, 0.29) is 12.1 Å². The number of amides is 2. The molecule has 1 heterocycles. The van der Waals surface area contributed by atoms with Crippen molar-refractivity contribution in [1.29, 1.82) is 0 Å². The number of hydrogen-bond donors (Lipinski definition) is 2. The first-order chi connectivity index (χ1) is 7.00. The van der Waals surface area contributed by atoms with Crippen LogP contribution < -0.4 is 5.32 Å². The zero-order chi connectivity index (χ0) is 11.4. The number of carbonyl (C=O) groups is 2. The monoisotopic (exact) mass is 214 g/mol. The Labute approximate surface area is 89.4 Å². The maximum absolute atomic E-state index is 11.6. The lowest BCUT2D eigenvalue weighted by atomic mass is 9.99. The molecule has 0 radical (unpaired) electrons. The average Bonchev–Trinajstić information content (AvgIpc) is 2.17. The van der Waals surface area contributed by atoms with E-state index < -0.39 is 11.9 Å². The summed E-state index contributed by atoms with van der Waals surface area (Å²) in [6.07, 6.45) is 1.43. The first-order valence-corrected chi connectivity index (χ1v) is 5.29. The Morgan fingerprint density at radius 1 is 1.47 bits per heavy atom. The second-order valence-electron chi connectivity index (χ2n) is 4.23. The van der Waals surface area contributed by atoms with Gasteiger partial charge in [-0.05, 0) is 26.7 Å². The normalized spacial score (nSPS) is 21.5. The fraction of sp³-hybridized carbons (Fsp3) is 0.800. The third-order valence-corrected chi connectivity index (χ3v) is 2.47. The van der Waals surface area contributed by atoms with E-state index in [9.17, 15) is 9.59 Å². The SMILES string of the molecule is CC(C)NC(=O)N1CCCC(C(=O)O)C1. The van der Waals surface area contributed by atoms with E-state index in [1.54, 1.807) is 4.90 Å². The largest absolute Gasteiger partial charge is 0.481 e.